The van der Waals surface area contributed by atoms with E-state index in [0.29, 0.717) is 10.6 Å². The highest BCUT2D eigenvalue weighted by atomic mass is 35.5. The van der Waals surface area contributed by atoms with Crippen molar-refractivity contribution in [3.8, 4) is 0 Å². The molecular formula is C15H22ClFN2. The molecule has 2 rings (SSSR count). The lowest BCUT2D eigenvalue weighted by Crippen LogP contribution is -2.40. The van der Waals surface area contributed by atoms with Gasteiger partial charge in [-0.25, -0.2) is 4.39 Å². The van der Waals surface area contributed by atoms with Crippen LogP contribution in [-0.4, -0.2) is 24.0 Å². The van der Waals surface area contributed by atoms with Crippen molar-refractivity contribution in [1.82, 2.24) is 4.90 Å². The zero-order valence-electron chi connectivity index (χ0n) is 11.4. The number of benzene rings is 1. The van der Waals surface area contributed by atoms with Crippen molar-refractivity contribution in [3.63, 3.8) is 0 Å². The Morgan fingerprint density at radius 1 is 1.42 bits per heavy atom. The van der Waals surface area contributed by atoms with Crippen molar-refractivity contribution in [2.24, 2.45) is 5.73 Å². The van der Waals surface area contributed by atoms with Crippen LogP contribution in [0.4, 0.5) is 4.39 Å². The van der Waals surface area contributed by atoms with E-state index in [2.05, 4.69) is 11.8 Å². The summed E-state index contributed by atoms with van der Waals surface area (Å²) in [6.45, 7) is 4.07. The quantitative estimate of drug-likeness (QED) is 0.916. The topological polar surface area (TPSA) is 29.3 Å². The Morgan fingerprint density at radius 2 is 2.21 bits per heavy atom. The van der Waals surface area contributed by atoms with Crippen molar-refractivity contribution in [2.75, 3.05) is 13.1 Å². The summed E-state index contributed by atoms with van der Waals surface area (Å²) in [5.74, 6) is -0.201. The fraction of sp³-hybridized carbons (Fsp3) is 0.600. The number of halogens is 2. The molecule has 19 heavy (non-hydrogen) atoms. The highest BCUT2D eigenvalue weighted by molar-refractivity contribution is 6.30. The van der Waals surface area contributed by atoms with Crippen LogP contribution in [0.15, 0.2) is 18.2 Å². The van der Waals surface area contributed by atoms with E-state index in [1.807, 2.05) is 0 Å². The van der Waals surface area contributed by atoms with Gasteiger partial charge in [-0.3, -0.25) is 4.90 Å². The molecule has 1 aromatic carbocycles. The summed E-state index contributed by atoms with van der Waals surface area (Å²) in [6, 6.07) is 4.69. The van der Waals surface area contributed by atoms with E-state index in [4.69, 9.17) is 17.3 Å². The van der Waals surface area contributed by atoms with Crippen LogP contribution < -0.4 is 5.73 Å². The number of hydrogen-bond acceptors (Lipinski definition) is 2. The third-order valence-corrected chi connectivity index (χ3v) is 4.05. The van der Waals surface area contributed by atoms with E-state index < -0.39 is 0 Å². The first-order chi connectivity index (χ1) is 9.13. The van der Waals surface area contributed by atoms with Gasteiger partial charge >= 0.3 is 0 Å². The van der Waals surface area contributed by atoms with Gasteiger partial charge in [0.1, 0.15) is 5.82 Å². The molecule has 1 saturated heterocycles. The maximum absolute atomic E-state index is 14.1. The van der Waals surface area contributed by atoms with E-state index in [-0.39, 0.29) is 17.9 Å². The van der Waals surface area contributed by atoms with Gasteiger partial charge in [0.15, 0.2) is 0 Å². The van der Waals surface area contributed by atoms with Gasteiger partial charge in [-0.15, -0.1) is 0 Å². The molecule has 0 bridgehead atoms. The summed E-state index contributed by atoms with van der Waals surface area (Å²) >= 11 is 6.02. The van der Waals surface area contributed by atoms with Gasteiger partial charge in [-0.05, 0) is 50.6 Å². The average Bonchev–Trinajstić information content (AvgIpc) is 2.55. The molecule has 1 aromatic rings. The first-order valence-corrected chi connectivity index (χ1v) is 7.46. The first-order valence-electron chi connectivity index (χ1n) is 7.08. The average molecular weight is 285 g/mol. The number of rotatable bonds is 3. The van der Waals surface area contributed by atoms with Crippen LogP contribution in [0.1, 0.15) is 44.2 Å². The molecule has 0 aromatic heterocycles. The Labute approximate surface area is 119 Å². The molecule has 1 aliphatic heterocycles. The lowest BCUT2D eigenvalue weighted by Gasteiger charge is -2.33. The molecule has 106 valence electrons. The zero-order valence-corrected chi connectivity index (χ0v) is 12.2. The van der Waals surface area contributed by atoms with Crippen LogP contribution in [0.3, 0.4) is 0 Å². The Kier molecular flexibility index (Phi) is 5.20. The Bertz CT molecular complexity index is 425. The highest BCUT2D eigenvalue weighted by Gasteiger charge is 2.30. The summed E-state index contributed by atoms with van der Waals surface area (Å²) in [5.41, 5.74) is 6.95. The molecule has 0 radical (unpaired) electrons. The van der Waals surface area contributed by atoms with Crippen molar-refractivity contribution in [2.45, 2.75) is 44.7 Å². The molecule has 0 spiro atoms. The molecule has 1 fully saturated rings. The van der Waals surface area contributed by atoms with Crippen LogP contribution >= 0.6 is 11.6 Å². The smallest absolute Gasteiger partial charge is 0.128 e. The molecular weight excluding hydrogens is 263 g/mol. The van der Waals surface area contributed by atoms with Crippen LogP contribution in [-0.2, 0) is 0 Å². The molecule has 4 heteroatoms. The normalized spacial score (nSPS) is 25.3. The van der Waals surface area contributed by atoms with Gasteiger partial charge in [-0.1, -0.05) is 24.9 Å². The minimum atomic E-state index is -0.201. The minimum Gasteiger partial charge on any atom is -0.326 e. The summed E-state index contributed by atoms with van der Waals surface area (Å²) < 4.78 is 14.1. The van der Waals surface area contributed by atoms with Crippen molar-refractivity contribution in [1.29, 1.82) is 0 Å². The predicted octanol–water partition coefficient (Wildman–Crippen LogP) is 3.74. The lowest BCUT2D eigenvalue weighted by atomic mass is 9.95. The Balaban J connectivity index is 2.36. The largest absolute Gasteiger partial charge is 0.326 e. The fourth-order valence-electron chi connectivity index (χ4n) is 2.97. The van der Waals surface area contributed by atoms with Gasteiger partial charge in [0.25, 0.3) is 0 Å². The molecule has 1 heterocycles. The van der Waals surface area contributed by atoms with Gasteiger partial charge in [0.05, 0.1) is 6.04 Å². The first kappa shape index (κ1) is 14.8. The molecule has 2 unspecified atom stereocenters. The molecule has 2 atom stereocenters. The van der Waals surface area contributed by atoms with E-state index in [9.17, 15) is 4.39 Å². The van der Waals surface area contributed by atoms with Gasteiger partial charge in [0.2, 0.25) is 0 Å². The van der Waals surface area contributed by atoms with E-state index in [0.717, 1.165) is 38.8 Å². The molecule has 0 saturated carbocycles. The predicted molar refractivity (Wildman–Crippen MR) is 77.8 cm³/mol. The number of likely N-dealkylation sites (tertiary alicyclic amines) is 1. The second-order valence-electron chi connectivity index (χ2n) is 5.31. The maximum atomic E-state index is 14.1. The molecule has 1 aliphatic rings. The van der Waals surface area contributed by atoms with Crippen LogP contribution in [0.2, 0.25) is 5.02 Å². The van der Waals surface area contributed by atoms with E-state index >= 15 is 0 Å². The summed E-state index contributed by atoms with van der Waals surface area (Å²) in [6.07, 6.45) is 4.23. The van der Waals surface area contributed by atoms with Crippen molar-refractivity contribution >= 4 is 11.6 Å². The lowest BCUT2D eigenvalue weighted by molar-refractivity contribution is 0.182. The number of nitrogens with zero attached hydrogens (tertiary/aromatic N) is 1. The molecule has 0 aliphatic carbocycles. The van der Waals surface area contributed by atoms with Gasteiger partial charge in [0, 0.05) is 16.6 Å². The summed E-state index contributed by atoms with van der Waals surface area (Å²) in [4.78, 5) is 2.31. The van der Waals surface area contributed by atoms with Crippen LogP contribution in [0.5, 0.6) is 0 Å². The molecule has 0 amide bonds. The Morgan fingerprint density at radius 3 is 2.95 bits per heavy atom. The summed E-state index contributed by atoms with van der Waals surface area (Å²) in [7, 11) is 0. The number of hydrogen-bond donors (Lipinski definition) is 1. The van der Waals surface area contributed by atoms with E-state index in [1.165, 1.54) is 6.07 Å². The highest BCUT2D eigenvalue weighted by Crippen LogP contribution is 2.32. The van der Waals surface area contributed by atoms with Crippen LogP contribution in [0, 0.1) is 5.82 Å². The zero-order chi connectivity index (χ0) is 13.8. The standard InChI is InChI=1S/C15H22ClFN2/c1-2-8-19-9-4-3-5-14(18)15(19)12-10-11(16)6-7-13(12)17/h6-7,10,14-15H,2-5,8-9,18H2,1H3. The molecule has 2 N–H and O–H groups in total. The van der Waals surface area contributed by atoms with Gasteiger partial charge < -0.3 is 5.73 Å². The summed E-state index contributed by atoms with van der Waals surface area (Å²) in [5, 5.41) is 0.573. The van der Waals surface area contributed by atoms with Crippen LogP contribution in [0.25, 0.3) is 0 Å². The van der Waals surface area contributed by atoms with Gasteiger partial charge in [-0.2, -0.15) is 0 Å². The third kappa shape index (κ3) is 3.47. The molecule has 2 nitrogen and oxygen atoms in total. The second kappa shape index (κ2) is 6.69. The Hall–Kier alpha value is -0.640. The maximum Gasteiger partial charge on any atom is 0.128 e. The minimum absolute atomic E-state index is 0.0259. The van der Waals surface area contributed by atoms with Crippen molar-refractivity contribution in [3.05, 3.63) is 34.6 Å². The second-order valence-corrected chi connectivity index (χ2v) is 5.74. The number of nitrogens with two attached hydrogens (primary N) is 1. The SMILES string of the molecule is CCCN1CCCCC(N)C1c1cc(Cl)ccc1F. The fourth-order valence-corrected chi connectivity index (χ4v) is 3.15. The van der Waals surface area contributed by atoms with E-state index in [1.54, 1.807) is 12.1 Å². The van der Waals surface area contributed by atoms with Crippen molar-refractivity contribution < 1.29 is 4.39 Å². The monoisotopic (exact) mass is 284 g/mol. The third-order valence-electron chi connectivity index (χ3n) is 3.82.